The minimum absolute atomic E-state index is 0.0210. The Morgan fingerprint density at radius 3 is 1.48 bits per heavy atom. The Labute approximate surface area is 495 Å². The highest BCUT2D eigenvalue weighted by molar-refractivity contribution is 6.76. The highest BCUT2D eigenvalue weighted by Gasteiger charge is 2.33. The molecule has 8 aromatic rings. The van der Waals surface area contributed by atoms with E-state index in [1.807, 2.05) is 56.5 Å². The van der Waals surface area contributed by atoms with Gasteiger partial charge in [0.15, 0.2) is 0 Å². The molecule has 10 rings (SSSR count). The number of esters is 1. The van der Waals surface area contributed by atoms with E-state index in [4.69, 9.17) is 43.8 Å². The van der Waals surface area contributed by atoms with Gasteiger partial charge in [-0.25, -0.2) is 36.9 Å². The molecule has 0 radical (unpaired) electrons. The number of fused-ring (bicyclic) bond motifs is 4. The number of aromatic nitrogens is 8. The lowest BCUT2D eigenvalue weighted by atomic mass is 10.1. The maximum Gasteiger partial charge on any atom is 0.320 e. The molecular formula is C60H70F4N12O8Si2. The molecule has 4 aromatic heterocycles. The molecule has 0 amide bonds. The van der Waals surface area contributed by atoms with Crippen LogP contribution in [-0.4, -0.2) is 144 Å². The van der Waals surface area contributed by atoms with Crippen LogP contribution in [-0.2, 0) is 45.3 Å². The van der Waals surface area contributed by atoms with E-state index in [9.17, 15) is 42.5 Å². The average Bonchev–Trinajstić information content (AvgIpc) is 1.43. The largest absolute Gasteiger partial charge is 0.486 e. The summed E-state index contributed by atoms with van der Waals surface area (Å²) in [6.45, 7) is 17.9. The quantitative estimate of drug-likeness (QED) is 0.0244. The number of nitriles is 2. The SMILES string of the molecule is CCOC(=O)CN1CC(n2nc(Cc3nc4cc(OCC(F)F)c(C#N)cc4n3COCC[Si](C)(C)C)c3ccccc3c2=O)C1.C[Si](C)(C)CCOCn1c(Cc2nn(C3CNC3)c(=O)c3ccccc23)nc2cc(OCC(F)F)c(C#N)cc21. The van der Waals surface area contributed by atoms with Crippen LogP contribution in [0.15, 0.2) is 82.4 Å². The average molecular weight is 1220 g/mol. The second-order valence-corrected chi connectivity index (χ2v) is 35.0. The number of benzene rings is 4. The summed E-state index contributed by atoms with van der Waals surface area (Å²) >= 11 is 0. The van der Waals surface area contributed by atoms with Crippen LogP contribution in [0.1, 0.15) is 53.2 Å². The maximum atomic E-state index is 13.5. The van der Waals surface area contributed by atoms with Crippen LogP contribution in [0.3, 0.4) is 0 Å². The highest BCUT2D eigenvalue weighted by atomic mass is 28.3. The first-order chi connectivity index (χ1) is 41.1. The van der Waals surface area contributed by atoms with Crippen molar-refractivity contribution in [2.45, 2.75) is 110 Å². The second kappa shape index (κ2) is 27.2. The fraction of sp³-hybridized carbons (Fsp3) is 0.450. The Morgan fingerprint density at radius 2 is 1.09 bits per heavy atom. The number of ether oxygens (including phenoxy) is 5. The van der Waals surface area contributed by atoms with E-state index in [2.05, 4.69) is 44.6 Å². The molecule has 2 fully saturated rings. The molecule has 0 saturated carbocycles. The first kappa shape index (κ1) is 62.7. The number of rotatable bonds is 25. The van der Waals surface area contributed by atoms with Gasteiger partial charge >= 0.3 is 5.97 Å². The fourth-order valence-electron chi connectivity index (χ4n) is 10.0. The number of hydrogen-bond donors (Lipinski definition) is 1. The Morgan fingerprint density at radius 1 is 0.663 bits per heavy atom. The standard InChI is InChI=1S/C32H38F2N6O5Si.C28H32F2N6O3Si/c1-5-44-31(41)18-38-16-22(17-38)40-32(42)24-9-7-6-8-23(24)25(37-40)14-30-36-26-13-28(45-19-29(33)34)21(15-35)12-27(26)39(30)20-43-10-11-46(2,3)4;1-40(2,3)9-8-38-17-35-24-10-18(13-31)25(39-16-26(29)30)11-23(24)33-27(35)12-22-20-6-4-5-7-21(20)28(37)36(34-22)19-14-32-15-19/h6-9,12-13,22,29H,5,10-11,14,16-20H2,1-4H3;4-7,10-11,19,26,32H,8-9,12,14-17H2,1-3H3. The number of carbonyl (C=O) groups excluding carboxylic acids is 1. The summed E-state index contributed by atoms with van der Waals surface area (Å²) in [5, 5.41) is 34.8. The van der Waals surface area contributed by atoms with Crippen molar-refractivity contribution >= 4 is 65.7 Å². The molecule has 0 atom stereocenters. The van der Waals surface area contributed by atoms with Gasteiger partial charge in [-0.15, -0.1) is 0 Å². The van der Waals surface area contributed by atoms with Crippen molar-refractivity contribution < 1.29 is 46.0 Å². The van der Waals surface area contributed by atoms with Crippen LogP contribution in [0.25, 0.3) is 43.6 Å². The summed E-state index contributed by atoms with van der Waals surface area (Å²) in [6, 6.07) is 26.6. The topological polar surface area (TPSA) is 231 Å². The van der Waals surface area contributed by atoms with Crippen molar-refractivity contribution in [3.05, 3.63) is 128 Å². The molecule has 26 heteroatoms. The van der Waals surface area contributed by atoms with E-state index < -0.39 is 42.2 Å². The fourth-order valence-corrected chi connectivity index (χ4v) is 11.5. The monoisotopic (exact) mass is 1220 g/mol. The summed E-state index contributed by atoms with van der Waals surface area (Å²) in [4.78, 5) is 50.2. The Balaban J connectivity index is 0.000000207. The number of hydrogen-bond acceptors (Lipinski definition) is 16. The van der Waals surface area contributed by atoms with Crippen molar-refractivity contribution in [1.29, 1.82) is 10.5 Å². The smallest absolute Gasteiger partial charge is 0.320 e. The van der Waals surface area contributed by atoms with Crippen molar-refractivity contribution in [1.82, 2.24) is 48.9 Å². The van der Waals surface area contributed by atoms with Gasteiger partial charge in [0.25, 0.3) is 24.0 Å². The lowest BCUT2D eigenvalue weighted by molar-refractivity contribution is -0.146. The van der Waals surface area contributed by atoms with Crippen molar-refractivity contribution in [3.63, 3.8) is 0 Å². The first-order valence-corrected chi connectivity index (χ1v) is 36.0. The zero-order valence-electron chi connectivity index (χ0n) is 49.2. The zero-order chi connectivity index (χ0) is 61.5. The molecule has 0 spiro atoms. The Bertz CT molecular complexity index is 3970. The van der Waals surface area contributed by atoms with Gasteiger partial charge in [0.1, 0.15) is 62.0 Å². The summed E-state index contributed by atoms with van der Waals surface area (Å²) in [7, 11) is -2.68. The Kier molecular flexibility index (Phi) is 19.8. The number of nitrogens with zero attached hydrogens (tertiary/aromatic N) is 11. The summed E-state index contributed by atoms with van der Waals surface area (Å²) in [5.41, 5.74) is 3.38. The van der Waals surface area contributed by atoms with Crippen molar-refractivity contribution in [2.24, 2.45) is 0 Å². The van der Waals surface area contributed by atoms with E-state index in [1.165, 1.54) is 16.8 Å². The van der Waals surface area contributed by atoms with Gasteiger partial charge in [0.05, 0.1) is 93.4 Å². The number of carbonyl (C=O) groups is 1. The van der Waals surface area contributed by atoms with E-state index in [0.29, 0.717) is 114 Å². The van der Waals surface area contributed by atoms with Gasteiger partial charge in [0, 0.05) is 78.4 Å². The van der Waals surface area contributed by atoms with Gasteiger partial charge in [-0.3, -0.25) is 19.3 Å². The molecular weight excluding hydrogens is 1150 g/mol. The molecule has 20 nitrogen and oxygen atoms in total. The third-order valence-electron chi connectivity index (χ3n) is 14.8. The third-order valence-corrected chi connectivity index (χ3v) is 18.2. The van der Waals surface area contributed by atoms with Crippen LogP contribution in [0.4, 0.5) is 17.6 Å². The van der Waals surface area contributed by atoms with Crippen LogP contribution in [0.5, 0.6) is 11.5 Å². The highest BCUT2D eigenvalue weighted by Crippen LogP contribution is 2.32. The number of alkyl halides is 4. The predicted octanol–water partition coefficient (Wildman–Crippen LogP) is 8.89. The van der Waals surface area contributed by atoms with Crippen LogP contribution < -0.4 is 25.9 Å². The van der Waals surface area contributed by atoms with Gasteiger partial charge in [-0.1, -0.05) is 75.7 Å². The van der Waals surface area contributed by atoms with Crippen molar-refractivity contribution in [2.75, 3.05) is 65.8 Å². The lowest BCUT2D eigenvalue weighted by Crippen LogP contribution is -2.52. The summed E-state index contributed by atoms with van der Waals surface area (Å²) in [6.07, 6.45) is -4.85. The Hall–Kier alpha value is -7.86. The third kappa shape index (κ3) is 15.0. The van der Waals surface area contributed by atoms with Crippen LogP contribution >= 0.6 is 0 Å². The second-order valence-electron chi connectivity index (χ2n) is 23.7. The van der Waals surface area contributed by atoms with Gasteiger partial charge in [-0.2, -0.15) is 20.7 Å². The molecule has 2 aliphatic rings. The van der Waals surface area contributed by atoms with Gasteiger partial charge in [0.2, 0.25) is 0 Å². The molecule has 0 bridgehead atoms. The van der Waals surface area contributed by atoms with E-state index in [-0.39, 0.29) is 78.2 Å². The van der Waals surface area contributed by atoms with Crippen molar-refractivity contribution in [3.8, 4) is 23.6 Å². The number of halogens is 4. The van der Waals surface area contributed by atoms with E-state index >= 15 is 0 Å². The lowest BCUT2D eigenvalue weighted by Gasteiger charge is -2.38. The number of imidazole rings is 2. The van der Waals surface area contributed by atoms with Gasteiger partial charge in [-0.05, 0) is 43.3 Å². The molecule has 4 aromatic carbocycles. The molecule has 0 unspecified atom stereocenters. The van der Waals surface area contributed by atoms with Gasteiger partial charge < -0.3 is 38.1 Å². The molecule has 86 heavy (non-hydrogen) atoms. The number of nitrogens with one attached hydrogen (secondary N) is 1. The molecule has 2 saturated heterocycles. The van der Waals surface area contributed by atoms with Crippen LogP contribution in [0.2, 0.25) is 51.4 Å². The maximum absolute atomic E-state index is 13.5. The van der Waals surface area contributed by atoms with E-state index in [0.717, 1.165) is 17.5 Å². The molecule has 0 aliphatic carbocycles. The predicted molar refractivity (Wildman–Crippen MR) is 322 cm³/mol. The molecule has 1 N–H and O–H groups in total. The molecule has 2 aliphatic heterocycles. The summed E-state index contributed by atoms with van der Waals surface area (Å²) in [5.74, 6) is 0.959. The normalized spacial score (nSPS) is 14.1. The first-order valence-electron chi connectivity index (χ1n) is 28.5. The van der Waals surface area contributed by atoms with Crippen LogP contribution in [0, 0.1) is 22.7 Å². The zero-order valence-corrected chi connectivity index (χ0v) is 51.2. The molecule has 6 heterocycles. The molecule has 454 valence electrons. The minimum Gasteiger partial charge on any atom is -0.486 e. The minimum atomic E-state index is -2.70. The van der Waals surface area contributed by atoms with E-state index in [1.54, 1.807) is 41.9 Å². The number of likely N-dealkylation sites (tertiary alicyclic amines) is 1. The summed E-state index contributed by atoms with van der Waals surface area (Å²) < 4.78 is 86.0.